The molecule has 1 aromatic carbocycles. The van der Waals surface area contributed by atoms with Gasteiger partial charge in [0, 0.05) is 12.7 Å². The zero-order valence-electron chi connectivity index (χ0n) is 10.9. The van der Waals surface area contributed by atoms with Crippen LogP contribution in [0.25, 0.3) is 0 Å². The Balaban J connectivity index is 1.85. The molecular weight excluding hydrogens is 242 g/mol. The highest BCUT2D eigenvalue weighted by Crippen LogP contribution is 2.12. The molecule has 0 aliphatic heterocycles. The molecule has 19 heavy (non-hydrogen) atoms. The van der Waals surface area contributed by atoms with Crippen LogP contribution >= 0.6 is 0 Å². The summed E-state index contributed by atoms with van der Waals surface area (Å²) < 4.78 is 7.33. The topological polar surface area (TPSA) is 51.5 Å². The number of benzene rings is 1. The number of carboxylic acid groups (broad SMARTS) is 1. The second kappa shape index (κ2) is 6.09. The Hall–Kier alpha value is -2.23. The first-order chi connectivity index (χ1) is 9.18. The average Bonchev–Trinajstić information content (AvgIpc) is 2.77. The monoisotopic (exact) mass is 259 g/mol. The maximum absolute atomic E-state index is 11.1. The Morgan fingerprint density at radius 2 is 2.00 bits per heavy atom. The molecule has 1 N–H and O–H groups in total. The lowest BCUT2D eigenvalue weighted by molar-refractivity contribution is 0.0683. The zero-order chi connectivity index (χ0) is 13.7. The molecule has 2 rings (SSSR count). The standard InChI is InChI=1S/C15H17NO3/c1-12-8-10-16(14(12)15(17)18)9-5-11-19-13-6-3-2-4-7-13/h2-4,6-8,10H,5,9,11H2,1H3,(H,17,18). The summed E-state index contributed by atoms with van der Waals surface area (Å²) in [6.07, 6.45) is 2.57. The summed E-state index contributed by atoms with van der Waals surface area (Å²) in [6, 6.07) is 11.4. The van der Waals surface area contributed by atoms with Crippen molar-refractivity contribution in [2.45, 2.75) is 19.9 Å². The lowest BCUT2D eigenvalue weighted by Crippen LogP contribution is -2.11. The van der Waals surface area contributed by atoms with Crippen LogP contribution in [-0.2, 0) is 6.54 Å². The Morgan fingerprint density at radius 3 is 2.68 bits per heavy atom. The number of rotatable bonds is 6. The Bertz CT molecular complexity index is 546. The van der Waals surface area contributed by atoms with E-state index in [1.54, 1.807) is 17.7 Å². The predicted octanol–water partition coefficient (Wildman–Crippen LogP) is 2.96. The first-order valence-corrected chi connectivity index (χ1v) is 6.25. The molecule has 0 aliphatic rings. The van der Waals surface area contributed by atoms with Crippen LogP contribution in [0.1, 0.15) is 22.5 Å². The second-order valence-corrected chi connectivity index (χ2v) is 4.36. The van der Waals surface area contributed by atoms with Gasteiger partial charge in [0.2, 0.25) is 0 Å². The smallest absolute Gasteiger partial charge is 0.352 e. The van der Waals surface area contributed by atoms with Crippen molar-refractivity contribution >= 4 is 5.97 Å². The van der Waals surface area contributed by atoms with E-state index in [0.717, 1.165) is 17.7 Å². The average molecular weight is 259 g/mol. The summed E-state index contributed by atoms with van der Waals surface area (Å²) in [4.78, 5) is 11.1. The highest BCUT2D eigenvalue weighted by atomic mass is 16.5. The molecule has 0 saturated heterocycles. The number of hydrogen-bond donors (Lipinski definition) is 1. The number of carbonyl (C=O) groups is 1. The molecule has 0 unspecified atom stereocenters. The number of hydrogen-bond acceptors (Lipinski definition) is 2. The normalized spacial score (nSPS) is 10.4. The van der Waals surface area contributed by atoms with Crippen molar-refractivity contribution in [2.75, 3.05) is 6.61 Å². The predicted molar refractivity (Wildman–Crippen MR) is 72.7 cm³/mol. The minimum atomic E-state index is -0.883. The van der Waals surface area contributed by atoms with Crippen LogP contribution in [0, 0.1) is 6.92 Å². The summed E-state index contributed by atoms with van der Waals surface area (Å²) in [6.45, 7) is 3.02. The van der Waals surface area contributed by atoms with E-state index in [1.807, 2.05) is 36.4 Å². The molecule has 0 spiro atoms. The Morgan fingerprint density at radius 1 is 1.26 bits per heavy atom. The van der Waals surface area contributed by atoms with Gasteiger partial charge in [0.15, 0.2) is 0 Å². The lowest BCUT2D eigenvalue weighted by Gasteiger charge is -2.08. The van der Waals surface area contributed by atoms with Crippen molar-refractivity contribution in [2.24, 2.45) is 0 Å². The summed E-state index contributed by atoms with van der Waals surface area (Å²) in [5.41, 5.74) is 1.15. The van der Waals surface area contributed by atoms with Crippen molar-refractivity contribution in [3.63, 3.8) is 0 Å². The van der Waals surface area contributed by atoms with E-state index in [-0.39, 0.29) is 0 Å². The molecule has 0 amide bonds. The van der Waals surface area contributed by atoms with E-state index >= 15 is 0 Å². The Labute approximate surface area is 112 Å². The zero-order valence-corrected chi connectivity index (χ0v) is 10.9. The van der Waals surface area contributed by atoms with E-state index < -0.39 is 5.97 Å². The van der Waals surface area contributed by atoms with Gasteiger partial charge in [-0.2, -0.15) is 0 Å². The van der Waals surface area contributed by atoms with Crippen LogP contribution < -0.4 is 4.74 Å². The van der Waals surface area contributed by atoms with Gasteiger partial charge < -0.3 is 14.4 Å². The molecule has 2 aromatic rings. The maximum atomic E-state index is 11.1. The molecule has 0 fully saturated rings. The van der Waals surface area contributed by atoms with Crippen LogP contribution in [0.4, 0.5) is 0 Å². The van der Waals surface area contributed by atoms with Gasteiger partial charge in [-0.05, 0) is 37.1 Å². The summed E-state index contributed by atoms with van der Waals surface area (Å²) >= 11 is 0. The van der Waals surface area contributed by atoms with Gasteiger partial charge in [0.25, 0.3) is 0 Å². The summed E-state index contributed by atoms with van der Waals surface area (Å²) in [5, 5.41) is 9.12. The third-order valence-corrected chi connectivity index (χ3v) is 2.92. The van der Waals surface area contributed by atoms with Crippen LogP contribution in [0.2, 0.25) is 0 Å². The quantitative estimate of drug-likeness (QED) is 0.811. The SMILES string of the molecule is Cc1ccn(CCCOc2ccccc2)c1C(=O)O. The molecule has 0 atom stereocenters. The number of aryl methyl sites for hydroxylation is 2. The van der Waals surface area contributed by atoms with Crippen LogP contribution in [0.3, 0.4) is 0 Å². The Kier molecular flexibility index (Phi) is 4.23. The number of carboxylic acids is 1. The van der Waals surface area contributed by atoms with Crippen LogP contribution in [-0.4, -0.2) is 22.2 Å². The van der Waals surface area contributed by atoms with Gasteiger partial charge in [0.05, 0.1) is 6.61 Å². The molecule has 0 radical (unpaired) electrons. The minimum Gasteiger partial charge on any atom is -0.494 e. The summed E-state index contributed by atoms with van der Waals surface area (Å²) in [7, 11) is 0. The molecule has 1 heterocycles. The van der Waals surface area contributed by atoms with Crippen molar-refractivity contribution in [3.05, 3.63) is 53.9 Å². The van der Waals surface area contributed by atoms with Crippen molar-refractivity contribution in [1.82, 2.24) is 4.57 Å². The molecule has 4 nitrogen and oxygen atoms in total. The fourth-order valence-corrected chi connectivity index (χ4v) is 2.00. The molecule has 0 bridgehead atoms. The molecule has 0 saturated carbocycles. The molecule has 0 aliphatic carbocycles. The largest absolute Gasteiger partial charge is 0.494 e. The van der Waals surface area contributed by atoms with E-state index in [4.69, 9.17) is 9.84 Å². The fraction of sp³-hybridized carbons (Fsp3) is 0.267. The molecule has 1 aromatic heterocycles. The highest BCUT2D eigenvalue weighted by Gasteiger charge is 2.12. The third-order valence-electron chi connectivity index (χ3n) is 2.92. The maximum Gasteiger partial charge on any atom is 0.352 e. The summed E-state index contributed by atoms with van der Waals surface area (Å²) in [5.74, 6) is -0.0453. The van der Waals surface area contributed by atoms with Gasteiger partial charge in [-0.25, -0.2) is 4.79 Å². The number of nitrogens with zero attached hydrogens (tertiary/aromatic N) is 1. The lowest BCUT2D eigenvalue weighted by atomic mass is 10.3. The molecule has 4 heteroatoms. The fourth-order valence-electron chi connectivity index (χ4n) is 2.00. The van der Waals surface area contributed by atoms with Crippen molar-refractivity contribution in [1.29, 1.82) is 0 Å². The van der Waals surface area contributed by atoms with Crippen molar-refractivity contribution in [3.8, 4) is 5.75 Å². The van der Waals surface area contributed by atoms with E-state index in [2.05, 4.69) is 0 Å². The number of aromatic nitrogens is 1. The van der Waals surface area contributed by atoms with Gasteiger partial charge in [0.1, 0.15) is 11.4 Å². The van der Waals surface area contributed by atoms with Crippen LogP contribution in [0.15, 0.2) is 42.6 Å². The minimum absolute atomic E-state index is 0.361. The van der Waals surface area contributed by atoms with E-state index in [9.17, 15) is 4.79 Å². The van der Waals surface area contributed by atoms with Gasteiger partial charge >= 0.3 is 5.97 Å². The van der Waals surface area contributed by atoms with Gasteiger partial charge in [-0.1, -0.05) is 18.2 Å². The number of aromatic carboxylic acids is 1. The third kappa shape index (κ3) is 3.37. The highest BCUT2D eigenvalue weighted by molar-refractivity contribution is 5.87. The van der Waals surface area contributed by atoms with E-state index in [0.29, 0.717) is 18.8 Å². The number of ether oxygens (including phenoxy) is 1. The van der Waals surface area contributed by atoms with Crippen molar-refractivity contribution < 1.29 is 14.6 Å². The van der Waals surface area contributed by atoms with Gasteiger partial charge in [-0.15, -0.1) is 0 Å². The molecule has 100 valence electrons. The van der Waals surface area contributed by atoms with Crippen LogP contribution in [0.5, 0.6) is 5.75 Å². The van der Waals surface area contributed by atoms with E-state index in [1.165, 1.54) is 0 Å². The first-order valence-electron chi connectivity index (χ1n) is 6.25. The van der Waals surface area contributed by atoms with Gasteiger partial charge in [-0.3, -0.25) is 0 Å². The molecular formula is C15H17NO3. The number of para-hydroxylation sites is 1. The second-order valence-electron chi connectivity index (χ2n) is 4.36. The first kappa shape index (κ1) is 13.2.